The van der Waals surface area contributed by atoms with Crippen LogP contribution >= 0.6 is 11.6 Å². The number of halogens is 1. The van der Waals surface area contributed by atoms with Crippen molar-refractivity contribution in [3.05, 3.63) is 119 Å². The molecule has 0 spiro atoms. The maximum absolute atomic E-state index is 13.0. The lowest BCUT2D eigenvalue weighted by molar-refractivity contribution is -0.112. The Labute approximate surface area is 231 Å². The molecule has 5 rings (SSSR count). The molecular formula is C33H25ClN2O3. The van der Waals surface area contributed by atoms with E-state index in [1.165, 1.54) is 6.08 Å². The van der Waals surface area contributed by atoms with Crippen LogP contribution in [0.25, 0.3) is 27.6 Å². The van der Waals surface area contributed by atoms with E-state index in [1.54, 1.807) is 18.2 Å². The SMILES string of the molecule is CCOc1cc(/C=C(\C#N)C(=O)Nc2cccc3ccccc23)cc(Cl)c1OCc1cccc2ccccc12. The van der Waals surface area contributed by atoms with Crippen molar-refractivity contribution in [1.82, 2.24) is 0 Å². The second-order valence-corrected chi connectivity index (χ2v) is 9.25. The van der Waals surface area contributed by atoms with Crippen LogP contribution in [0.5, 0.6) is 11.5 Å². The first-order valence-electron chi connectivity index (χ1n) is 12.5. The molecule has 0 saturated heterocycles. The molecule has 0 aliphatic rings. The van der Waals surface area contributed by atoms with Gasteiger partial charge in [0.25, 0.3) is 5.91 Å². The number of hydrogen-bond acceptors (Lipinski definition) is 4. The highest BCUT2D eigenvalue weighted by molar-refractivity contribution is 6.32. The number of nitrogens with zero attached hydrogens (tertiary/aromatic N) is 1. The van der Waals surface area contributed by atoms with Crippen LogP contribution in [0, 0.1) is 11.3 Å². The summed E-state index contributed by atoms with van der Waals surface area (Å²) in [6.07, 6.45) is 1.49. The number of nitrogens with one attached hydrogen (secondary N) is 1. The molecule has 6 heteroatoms. The van der Waals surface area contributed by atoms with Gasteiger partial charge in [-0.05, 0) is 58.5 Å². The number of anilines is 1. The van der Waals surface area contributed by atoms with Gasteiger partial charge in [-0.15, -0.1) is 0 Å². The van der Waals surface area contributed by atoms with Crippen molar-refractivity contribution >= 4 is 50.8 Å². The number of nitriles is 1. The van der Waals surface area contributed by atoms with Crippen molar-refractivity contribution in [2.45, 2.75) is 13.5 Å². The fourth-order valence-corrected chi connectivity index (χ4v) is 4.76. The molecule has 0 aliphatic heterocycles. The van der Waals surface area contributed by atoms with Crippen LogP contribution in [0.15, 0.2) is 103 Å². The van der Waals surface area contributed by atoms with Crippen LogP contribution < -0.4 is 14.8 Å². The summed E-state index contributed by atoms with van der Waals surface area (Å²) >= 11 is 6.64. The number of carbonyl (C=O) groups excluding carboxylic acids is 1. The minimum Gasteiger partial charge on any atom is -0.490 e. The lowest BCUT2D eigenvalue weighted by Gasteiger charge is -2.15. The fourth-order valence-electron chi connectivity index (χ4n) is 4.48. The zero-order valence-electron chi connectivity index (χ0n) is 21.3. The highest BCUT2D eigenvalue weighted by Crippen LogP contribution is 2.38. The first kappa shape index (κ1) is 25.8. The van der Waals surface area contributed by atoms with Gasteiger partial charge in [0.2, 0.25) is 0 Å². The fraction of sp³-hybridized carbons (Fsp3) is 0.0909. The molecule has 5 nitrogen and oxygen atoms in total. The number of fused-ring (bicyclic) bond motifs is 2. The van der Waals surface area contributed by atoms with Crippen LogP contribution in [0.2, 0.25) is 5.02 Å². The van der Waals surface area contributed by atoms with E-state index in [1.807, 2.05) is 73.7 Å². The van der Waals surface area contributed by atoms with E-state index in [0.29, 0.717) is 41.0 Å². The third-order valence-electron chi connectivity index (χ3n) is 6.30. The molecule has 0 atom stereocenters. The van der Waals surface area contributed by atoms with E-state index in [2.05, 4.69) is 23.5 Å². The van der Waals surface area contributed by atoms with Gasteiger partial charge in [0.1, 0.15) is 18.2 Å². The third kappa shape index (κ3) is 5.72. The van der Waals surface area contributed by atoms with Gasteiger partial charge in [-0.3, -0.25) is 4.79 Å². The molecule has 192 valence electrons. The first-order chi connectivity index (χ1) is 19.1. The standard InChI is InChI=1S/C33H25ClN2O3/c1-2-38-31-19-22(17-26(20-35)33(37)36-30-16-8-12-24-10-4-6-15-28(24)30)18-29(34)32(31)39-21-25-13-7-11-23-9-3-5-14-27(23)25/h3-19H,2,21H2,1H3,(H,36,37)/b26-17+. The van der Waals surface area contributed by atoms with Gasteiger partial charge in [-0.2, -0.15) is 5.26 Å². The molecule has 5 aromatic rings. The number of benzene rings is 5. The van der Waals surface area contributed by atoms with Gasteiger partial charge in [-0.1, -0.05) is 90.5 Å². The van der Waals surface area contributed by atoms with E-state index >= 15 is 0 Å². The van der Waals surface area contributed by atoms with Crippen molar-refractivity contribution in [3.8, 4) is 17.6 Å². The van der Waals surface area contributed by atoms with Crippen LogP contribution in [0.4, 0.5) is 5.69 Å². The van der Waals surface area contributed by atoms with E-state index in [0.717, 1.165) is 27.1 Å². The highest BCUT2D eigenvalue weighted by atomic mass is 35.5. The van der Waals surface area contributed by atoms with Crippen LogP contribution in [0.1, 0.15) is 18.1 Å². The number of amides is 1. The average molecular weight is 533 g/mol. The molecule has 0 heterocycles. The van der Waals surface area contributed by atoms with E-state index in [9.17, 15) is 10.1 Å². The van der Waals surface area contributed by atoms with Crippen LogP contribution in [-0.2, 0) is 11.4 Å². The molecule has 1 N–H and O–H groups in total. The highest BCUT2D eigenvalue weighted by Gasteiger charge is 2.16. The van der Waals surface area contributed by atoms with Crippen molar-refractivity contribution < 1.29 is 14.3 Å². The summed E-state index contributed by atoms with van der Waals surface area (Å²) in [5.41, 5.74) is 2.13. The molecule has 0 radical (unpaired) electrons. The van der Waals surface area contributed by atoms with Gasteiger partial charge in [-0.25, -0.2) is 0 Å². The molecule has 1 amide bonds. The Morgan fingerprint density at radius 3 is 2.31 bits per heavy atom. The van der Waals surface area contributed by atoms with Crippen LogP contribution in [-0.4, -0.2) is 12.5 Å². The Balaban J connectivity index is 1.41. The minimum atomic E-state index is -0.515. The molecule has 0 aromatic heterocycles. The van der Waals surface area contributed by atoms with Crippen LogP contribution in [0.3, 0.4) is 0 Å². The van der Waals surface area contributed by atoms with Crippen molar-refractivity contribution in [1.29, 1.82) is 5.26 Å². The summed E-state index contributed by atoms with van der Waals surface area (Å²) in [6.45, 7) is 2.55. The summed E-state index contributed by atoms with van der Waals surface area (Å²) in [5.74, 6) is 0.324. The van der Waals surface area contributed by atoms with Crippen molar-refractivity contribution in [3.63, 3.8) is 0 Å². The van der Waals surface area contributed by atoms with Gasteiger partial charge in [0.15, 0.2) is 11.5 Å². The first-order valence-corrected chi connectivity index (χ1v) is 12.9. The molecule has 5 aromatic carbocycles. The Bertz CT molecular complexity index is 1740. The molecule has 39 heavy (non-hydrogen) atoms. The Morgan fingerprint density at radius 1 is 0.897 bits per heavy atom. The minimum absolute atomic E-state index is 0.0640. The lowest BCUT2D eigenvalue weighted by atomic mass is 10.1. The molecule has 0 fully saturated rings. The normalized spacial score (nSPS) is 11.3. The second-order valence-electron chi connectivity index (χ2n) is 8.84. The molecule has 0 unspecified atom stereocenters. The summed E-state index contributed by atoms with van der Waals surface area (Å²) < 4.78 is 12.0. The summed E-state index contributed by atoms with van der Waals surface area (Å²) in [7, 11) is 0. The molecule has 0 saturated carbocycles. The predicted octanol–water partition coefficient (Wildman–Crippen LogP) is 8.17. The quantitative estimate of drug-likeness (QED) is 0.161. The zero-order chi connectivity index (χ0) is 27.2. The summed E-state index contributed by atoms with van der Waals surface area (Å²) in [4.78, 5) is 13.0. The van der Waals surface area contributed by atoms with E-state index in [-0.39, 0.29) is 5.57 Å². The molecule has 0 bridgehead atoms. The topological polar surface area (TPSA) is 71.3 Å². The smallest absolute Gasteiger partial charge is 0.266 e. The number of rotatable bonds is 8. The van der Waals surface area contributed by atoms with Gasteiger partial charge < -0.3 is 14.8 Å². The average Bonchev–Trinajstić information content (AvgIpc) is 2.96. The van der Waals surface area contributed by atoms with Gasteiger partial charge >= 0.3 is 0 Å². The summed E-state index contributed by atoms with van der Waals surface area (Å²) in [5, 5.41) is 17.1. The van der Waals surface area contributed by atoms with E-state index < -0.39 is 5.91 Å². The second kappa shape index (κ2) is 11.7. The Hall–Kier alpha value is -4.79. The Kier molecular flexibility index (Phi) is 7.77. The van der Waals surface area contributed by atoms with E-state index in [4.69, 9.17) is 21.1 Å². The zero-order valence-corrected chi connectivity index (χ0v) is 22.0. The maximum Gasteiger partial charge on any atom is 0.266 e. The monoisotopic (exact) mass is 532 g/mol. The maximum atomic E-state index is 13.0. The number of ether oxygens (including phenoxy) is 2. The van der Waals surface area contributed by atoms with Gasteiger partial charge in [0, 0.05) is 11.1 Å². The largest absolute Gasteiger partial charge is 0.490 e. The van der Waals surface area contributed by atoms with Gasteiger partial charge in [0.05, 0.1) is 11.6 Å². The summed E-state index contributed by atoms with van der Waals surface area (Å²) in [6, 6.07) is 32.9. The van der Waals surface area contributed by atoms with Crippen molar-refractivity contribution in [2.24, 2.45) is 0 Å². The third-order valence-corrected chi connectivity index (χ3v) is 6.58. The van der Waals surface area contributed by atoms with Crippen molar-refractivity contribution in [2.75, 3.05) is 11.9 Å². The molecular weight excluding hydrogens is 508 g/mol. The Morgan fingerprint density at radius 2 is 1.56 bits per heavy atom. The number of hydrogen-bond donors (Lipinski definition) is 1. The number of carbonyl (C=O) groups is 1. The predicted molar refractivity (Wildman–Crippen MR) is 157 cm³/mol. The lowest BCUT2D eigenvalue weighted by Crippen LogP contribution is -2.13. The molecule has 0 aliphatic carbocycles.